The molecule has 1 fully saturated rings. The van der Waals surface area contributed by atoms with E-state index in [4.69, 9.17) is 4.42 Å². The molecule has 2 aromatic heterocycles. The van der Waals surface area contributed by atoms with Gasteiger partial charge in [-0.2, -0.15) is 0 Å². The van der Waals surface area contributed by atoms with Crippen LogP contribution in [0.2, 0.25) is 0 Å². The smallest absolute Gasteiger partial charge is 0.254 e. The number of nitrogens with zero attached hydrogens (tertiary/aromatic N) is 3. The van der Waals surface area contributed by atoms with Crippen molar-refractivity contribution in [3.05, 3.63) is 78.0 Å². The van der Waals surface area contributed by atoms with Crippen molar-refractivity contribution in [1.29, 1.82) is 0 Å². The molecule has 0 bridgehead atoms. The molecule has 1 saturated heterocycles. The van der Waals surface area contributed by atoms with Gasteiger partial charge in [0.2, 0.25) is 5.95 Å². The highest BCUT2D eigenvalue weighted by atomic mass is 16.3. The van der Waals surface area contributed by atoms with Crippen molar-refractivity contribution in [1.82, 2.24) is 15.3 Å². The summed E-state index contributed by atoms with van der Waals surface area (Å²) in [6, 6.07) is 14.3. The van der Waals surface area contributed by atoms with Crippen LogP contribution >= 0.6 is 0 Å². The lowest BCUT2D eigenvalue weighted by atomic mass is 9.90. The van der Waals surface area contributed by atoms with Crippen molar-refractivity contribution < 1.29 is 9.21 Å². The summed E-state index contributed by atoms with van der Waals surface area (Å²) in [4.78, 5) is 23.2. The minimum Gasteiger partial charge on any atom is -0.467 e. The number of benzene rings is 1. The van der Waals surface area contributed by atoms with E-state index >= 15 is 0 Å². The van der Waals surface area contributed by atoms with Gasteiger partial charge >= 0.3 is 0 Å². The standard InChI is InChI=1S/C22H24N4O2/c27-21(23-16-20-7-4-12-28-20)19-14-24-22(25-15-19)26-10-8-18(9-11-26)13-17-5-2-1-3-6-17/h1-7,12,14-15,18H,8-11,13,16H2,(H,23,27). The Morgan fingerprint density at radius 2 is 1.82 bits per heavy atom. The minimum atomic E-state index is -0.204. The highest BCUT2D eigenvalue weighted by Crippen LogP contribution is 2.23. The topological polar surface area (TPSA) is 71.3 Å². The van der Waals surface area contributed by atoms with Gasteiger partial charge in [0, 0.05) is 25.5 Å². The van der Waals surface area contributed by atoms with Gasteiger partial charge in [0.15, 0.2) is 0 Å². The maximum atomic E-state index is 12.2. The summed E-state index contributed by atoms with van der Waals surface area (Å²) in [5.74, 6) is 1.90. The lowest BCUT2D eigenvalue weighted by Gasteiger charge is -2.32. The van der Waals surface area contributed by atoms with Crippen LogP contribution in [0.5, 0.6) is 0 Å². The summed E-state index contributed by atoms with van der Waals surface area (Å²) < 4.78 is 5.21. The molecule has 1 N–H and O–H groups in total. The van der Waals surface area contributed by atoms with Crippen LogP contribution < -0.4 is 10.2 Å². The van der Waals surface area contributed by atoms with E-state index in [0.29, 0.717) is 29.7 Å². The molecule has 1 amide bonds. The second-order valence-electron chi connectivity index (χ2n) is 7.15. The Balaban J connectivity index is 1.28. The second-order valence-corrected chi connectivity index (χ2v) is 7.15. The number of anilines is 1. The first kappa shape index (κ1) is 18.2. The number of carbonyl (C=O) groups is 1. The van der Waals surface area contributed by atoms with Gasteiger partial charge in [-0.05, 0) is 42.9 Å². The summed E-state index contributed by atoms with van der Waals surface area (Å²) in [6.45, 7) is 2.24. The number of carbonyl (C=O) groups excluding carboxylic acids is 1. The van der Waals surface area contributed by atoms with Crippen LogP contribution in [-0.4, -0.2) is 29.0 Å². The van der Waals surface area contributed by atoms with Gasteiger partial charge in [0.1, 0.15) is 5.76 Å². The first-order valence-corrected chi connectivity index (χ1v) is 9.69. The van der Waals surface area contributed by atoms with Crippen molar-refractivity contribution in [3.63, 3.8) is 0 Å². The Hall–Kier alpha value is -3.15. The molecule has 0 radical (unpaired) electrons. The zero-order chi connectivity index (χ0) is 19.2. The molecule has 0 aliphatic carbocycles. The molecule has 0 spiro atoms. The molecule has 1 aromatic carbocycles. The number of nitrogens with one attached hydrogen (secondary N) is 1. The second kappa shape index (κ2) is 8.69. The quantitative estimate of drug-likeness (QED) is 0.713. The Morgan fingerprint density at radius 1 is 1.07 bits per heavy atom. The van der Waals surface area contributed by atoms with Crippen molar-refractivity contribution in [3.8, 4) is 0 Å². The molecule has 4 rings (SSSR count). The average molecular weight is 376 g/mol. The Kier molecular flexibility index (Phi) is 5.66. The van der Waals surface area contributed by atoms with E-state index in [-0.39, 0.29) is 5.91 Å². The van der Waals surface area contributed by atoms with E-state index in [2.05, 4.69) is 50.5 Å². The van der Waals surface area contributed by atoms with Crippen LogP contribution in [0.15, 0.2) is 65.5 Å². The third kappa shape index (κ3) is 4.57. The molecule has 3 heterocycles. The maximum absolute atomic E-state index is 12.2. The predicted octanol–water partition coefficient (Wildman–Crippen LogP) is 3.46. The number of aromatic nitrogens is 2. The molecule has 28 heavy (non-hydrogen) atoms. The molecule has 144 valence electrons. The zero-order valence-electron chi connectivity index (χ0n) is 15.8. The van der Waals surface area contributed by atoms with Crippen molar-refractivity contribution in [2.24, 2.45) is 5.92 Å². The first-order valence-electron chi connectivity index (χ1n) is 9.69. The van der Waals surface area contributed by atoms with Crippen LogP contribution in [-0.2, 0) is 13.0 Å². The van der Waals surface area contributed by atoms with E-state index in [1.54, 1.807) is 24.7 Å². The van der Waals surface area contributed by atoms with Crippen LogP contribution in [0, 0.1) is 5.92 Å². The third-order valence-electron chi connectivity index (χ3n) is 5.17. The first-order chi connectivity index (χ1) is 13.8. The molecule has 0 atom stereocenters. The third-order valence-corrected chi connectivity index (χ3v) is 5.17. The van der Waals surface area contributed by atoms with Crippen LogP contribution in [0.3, 0.4) is 0 Å². The summed E-state index contributed by atoms with van der Waals surface area (Å²) in [6.07, 6.45) is 8.16. The van der Waals surface area contributed by atoms with Gasteiger partial charge in [-0.25, -0.2) is 9.97 Å². The summed E-state index contributed by atoms with van der Waals surface area (Å²) in [5, 5.41) is 2.80. The largest absolute Gasteiger partial charge is 0.467 e. The molecule has 1 aliphatic rings. The maximum Gasteiger partial charge on any atom is 0.254 e. The SMILES string of the molecule is O=C(NCc1ccco1)c1cnc(N2CCC(Cc3ccccc3)CC2)nc1. The molecular weight excluding hydrogens is 352 g/mol. The monoisotopic (exact) mass is 376 g/mol. The zero-order valence-corrected chi connectivity index (χ0v) is 15.8. The normalized spacial score (nSPS) is 14.8. The van der Waals surface area contributed by atoms with Gasteiger partial charge in [-0.15, -0.1) is 0 Å². The average Bonchev–Trinajstić information content (AvgIpc) is 3.27. The Labute approximate surface area is 164 Å². The van der Waals surface area contributed by atoms with Gasteiger partial charge in [-0.3, -0.25) is 4.79 Å². The number of amides is 1. The molecule has 0 unspecified atom stereocenters. The highest BCUT2D eigenvalue weighted by Gasteiger charge is 2.21. The van der Waals surface area contributed by atoms with Gasteiger partial charge in [-0.1, -0.05) is 30.3 Å². The van der Waals surface area contributed by atoms with Crippen molar-refractivity contribution in [2.75, 3.05) is 18.0 Å². The molecule has 0 saturated carbocycles. The molecular formula is C22H24N4O2. The van der Waals surface area contributed by atoms with Gasteiger partial charge in [0.25, 0.3) is 5.91 Å². The molecule has 3 aromatic rings. The minimum absolute atomic E-state index is 0.204. The molecule has 1 aliphatic heterocycles. The van der Waals surface area contributed by atoms with Crippen molar-refractivity contribution >= 4 is 11.9 Å². The molecule has 6 heteroatoms. The Morgan fingerprint density at radius 3 is 2.50 bits per heavy atom. The van der Waals surface area contributed by atoms with Crippen molar-refractivity contribution in [2.45, 2.75) is 25.8 Å². The molecule has 6 nitrogen and oxygen atoms in total. The van der Waals surface area contributed by atoms with Crippen LogP contribution in [0.4, 0.5) is 5.95 Å². The van der Waals surface area contributed by atoms with E-state index < -0.39 is 0 Å². The highest BCUT2D eigenvalue weighted by molar-refractivity contribution is 5.93. The van der Waals surface area contributed by atoms with E-state index in [9.17, 15) is 4.79 Å². The van der Waals surface area contributed by atoms with E-state index in [0.717, 1.165) is 32.4 Å². The van der Waals surface area contributed by atoms with Crippen LogP contribution in [0.1, 0.15) is 34.5 Å². The number of piperidine rings is 1. The Bertz CT molecular complexity index is 871. The van der Waals surface area contributed by atoms with Gasteiger partial charge in [0.05, 0.1) is 18.4 Å². The fraction of sp³-hybridized carbons (Fsp3) is 0.318. The van der Waals surface area contributed by atoms with E-state index in [1.165, 1.54) is 5.56 Å². The number of rotatable bonds is 6. The van der Waals surface area contributed by atoms with Crippen LogP contribution in [0.25, 0.3) is 0 Å². The number of hydrogen-bond donors (Lipinski definition) is 1. The predicted molar refractivity (Wildman–Crippen MR) is 107 cm³/mol. The van der Waals surface area contributed by atoms with Gasteiger partial charge < -0.3 is 14.6 Å². The fourth-order valence-corrected chi connectivity index (χ4v) is 3.57. The fourth-order valence-electron chi connectivity index (χ4n) is 3.57. The number of furan rings is 1. The lowest BCUT2D eigenvalue weighted by molar-refractivity contribution is 0.0947. The number of hydrogen-bond acceptors (Lipinski definition) is 5. The summed E-state index contributed by atoms with van der Waals surface area (Å²) in [7, 11) is 0. The summed E-state index contributed by atoms with van der Waals surface area (Å²) >= 11 is 0. The summed E-state index contributed by atoms with van der Waals surface area (Å²) in [5.41, 5.74) is 1.86. The lowest BCUT2D eigenvalue weighted by Crippen LogP contribution is -2.35. The van der Waals surface area contributed by atoms with E-state index in [1.807, 2.05) is 6.07 Å².